The average molecular weight is 312 g/mol. The minimum atomic E-state index is 0.415. The lowest BCUT2D eigenvalue weighted by molar-refractivity contribution is 0.833. The Balaban J connectivity index is 2.18. The van der Waals surface area contributed by atoms with Gasteiger partial charge in [0.1, 0.15) is 0 Å². The third-order valence-corrected chi connectivity index (χ3v) is 3.94. The molecule has 0 bridgehead atoms. The molecule has 0 spiro atoms. The summed E-state index contributed by atoms with van der Waals surface area (Å²) in [5.74, 6) is 0. The maximum atomic E-state index is 6.06. The Morgan fingerprint density at radius 1 is 1.05 bits per heavy atom. The molecular formula is C18H18ClN3. The molecule has 3 nitrogen and oxygen atoms in total. The van der Waals surface area contributed by atoms with Gasteiger partial charge in [-0.3, -0.25) is 0 Å². The number of aromatic nitrogens is 2. The molecule has 0 radical (unpaired) electrons. The molecule has 0 fully saturated rings. The van der Waals surface area contributed by atoms with E-state index in [2.05, 4.69) is 36.3 Å². The summed E-state index contributed by atoms with van der Waals surface area (Å²) in [6, 6.07) is 16.3. The Morgan fingerprint density at radius 3 is 2.41 bits per heavy atom. The molecule has 2 aromatic carbocycles. The first-order chi connectivity index (χ1) is 10.6. The summed E-state index contributed by atoms with van der Waals surface area (Å²) in [5.41, 5.74) is 12.1. The lowest BCUT2D eigenvalue weighted by Gasteiger charge is -2.11. The van der Waals surface area contributed by atoms with Crippen molar-refractivity contribution in [1.82, 2.24) is 9.78 Å². The van der Waals surface area contributed by atoms with Crippen molar-refractivity contribution in [2.24, 2.45) is 5.73 Å². The molecule has 0 aliphatic heterocycles. The summed E-state index contributed by atoms with van der Waals surface area (Å²) in [6.45, 7) is 4.53. The minimum Gasteiger partial charge on any atom is -0.325 e. The zero-order chi connectivity index (χ0) is 15.7. The smallest absolute Gasteiger partial charge is 0.0771 e. The quantitative estimate of drug-likeness (QED) is 0.785. The van der Waals surface area contributed by atoms with Crippen LogP contribution in [0.25, 0.3) is 16.9 Å². The van der Waals surface area contributed by atoms with Crippen LogP contribution in [-0.4, -0.2) is 9.78 Å². The van der Waals surface area contributed by atoms with E-state index in [4.69, 9.17) is 17.3 Å². The Kier molecular flexibility index (Phi) is 4.01. The molecule has 3 aromatic rings. The molecule has 1 heterocycles. The van der Waals surface area contributed by atoms with E-state index < -0.39 is 0 Å². The monoisotopic (exact) mass is 311 g/mol. The number of hydrogen-bond donors (Lipinski definition) is 1. The molecular weight excluding hydrogens is 294 g/mol. The van der Waals surface area contributed by atoms with Gasteiger partial charge in [0.05, 0.1) is 17.1 Å². The van der Waals surface area contributed by atoms with E-state index in [0.717, 1.165) is 33.2 Å². The molecule has 0 amide bonds. The van der Waals surface area contributed by atoms with E-state index in [-0.39, 0.29) is 0 Å². The van der Waals surface area contributed by atoms with Gasteiger partial charge in [0.25, 0.3) is 0 Å². The molecule has 0 unspecified atom stereocenters. The van der Waals surface area contributed by atoms with Crippen LogP contribution in [0.3, 0.4) is 0 Å². The van der Waals surface area contributed by atoms with E-state index in [0.29, 0.717) is 6.54 Å². The second kappa shape index (κ2) is 5.95. The second-order valence-corrected chi connectivity index (χ2v) is 5.87. The van der Waals surface area contributed by atoms with Crippen molar-refractivity contribution in [1.29, 1.82) is 0 Å². The predicted molar refractivity (Wildman–Crippen MR) is 91.4 cm³/mol. The lowest BCUT2D eigenvalue weighted by atomic mass is 10.1. The molecule has 0 atom stereocenters. The Bertz CT molecular complexity index is 804. The van der Waals surface area contributed by atoms with Gasteiger partial charge >= 0.3 is 0 Å². The standard InChI is InChI=1S/C18H18ClN3/c1-12-3-5-14(6-4-12)18-10-16(11-20)21-22(18)17-8-7-15(19)9-13(17)2/h3-10H,11,20H2,1-2H3. The van der Waals surface area contributed by atoms with Crippen molar-refractivity contribution in [3.63, 3.8) is 0 Å². The van der Waals surface area contributed by atoms with Crippen LogP contribution in [0.15, 0.2) is 48.5 Å². The van der Waals surface area contributed by atoms with E-state index in [1.165, 1.54) is 5.56 Å². The normalized spacial score (nSPS) is 10.9. The number of nitrogens with two attached hydrogens (primary N) is 1. The fraction of sp³-hybridized carbons (Fsp3) is 0.167. The number of rotatable bonds is 3. The maximum absolute atomic E-state index is 6.06. The molecule has 112 valence electrons. The highest BCUT2D eigenvalue weighted by Crippen LogP contribution is 2.27. The van der Waals surface area contributed by atoms with Gasteiger partial charge in [0.15, 0.2) is 0 Å². The van der Waals surface area contributed by atoms with Gasteiger partial charge in [0.2, 0.25) is 0 Å². The van der Waals surface area contributed by atoms with Gasteiger partial charge < -0.3 is 5.73 Å². The molecule has 1 aromatic heterocycles. The van der Waals surface area contributed by atoms with Crippen LogP contribution in [0.2, 0.25) is 5.02 Å². The van der Waals surface area contributed by atoms with Gasteiger partial charge in [-0.1, -0.05) is 41.4 Å². The average Bonchev–Trinajstić information content (AvgIpc) is 2.92. The SMILES string of the molecule is Cc1ccc(-c2cc(CN)nn2-c2ccc(Cl)cc2C)cc1. The Labute approximate surface area is 135 Å². The maximum Gasteiger partial charge on any atom is 0.0771 e. The summed E-state index contributed by atoms with van der Waals surface area (Å²) in [6.07, 6.45) is 0. The van der Waals surface area contributed by atoms with Gasteiger partial charge in [-0.05, 0) is 43.7 Å². The van der Waals surface area contributed by atoms with E-state index >= 15 is 0 Å². The predicted octanol–water partition coefficient (Wildman–Crippen LogP) is 4.27. The molecule has 0 saturated carbocycles. The van der Waals surface area contributed by atoms with Gasteiger partial charge in [-0.25, -0.2) is 4.68 Å². The van der Waals surface area contributed by atoms with Gasteiger partial charge in [-0.2, -0.15) is 5.10 Å². The largest absolute Gasteiger partial charge is 0.325 e. The van der Waals surface area contributed by atoms with Crippen molar-refractivity contribution < 1.29 is 0 Å². The first kappa shape index (κ1) is 14.8. The van der Waals surface area contributed by atoms with Crippen LogP contribution in [-0.2, 0) is 6.54 Å². The summed E-state index contributed by atoms with van der Waals surface area (Å²) in [7, 11) is 0. The summed E-state index contributed by atoms with van der Waals surface area (Å²) >= 11 is 6.06. The highest BCUT2D eigenvalue weighted by molar-refractivity contribution is 6.30. The number of halogens is 1. The van der Waals surface area contributed by atoms with Crippen LogP contribution in [0.5, 0.6) is 0 Å². The van der Waals surface area contributed by atoms with Crippen molar-refractivity contribution in [2.45, 2.75) is 20.4 Å². The van der Waals surface area contributed by atoms with E-state index in [9.17, 15) is 0 Å². The number of benzene rings is 2. The molecule has 0 aliphatic rings. The fourth-order valence-corrected chi connectivity index (χ4v) is 2.73. The topological polar surface area (TPSA) is 43.8 Å². The summed E-state index contributed by atoms with van der Waals surface area (Å²) < 4.78 is 1.94. The number of hydrogen-bond acceptors (Lipinski definition) is 2. The minimum absolute atomic E-state index is 0.415. The van der Waals surface area contributed by atoms with Crippen molar-refractivity contribution in [3.05, 3.63) is 70.4 Å². The highest BCUT2D eigenvalue weighted by Gasteiger charge is 2.13. The molecule has 3 rings (SSSR count). The van der Waals surface area contributed by atoms with Crippen LogP contribution in [0, 0.1) is 13.8 Å². The fourth-order valence-electron chi connectivity index (χ4n) is 2.50. The van der Waals surface area contributed by atoms with Crippen molar-refractivity contribution >= 4 is 11.6 Å². The molecule has 0 saturated heterocycles. The molecule has 4 heteroatoms. The van der Waals surface area contributed by atoms with Crippen molar-refractivity contribution in [2.75, 3.05) is 0 Å². The van der Waals surface area contributed by atoms with Crippen LogP contribution in [0.1, 0.15) is 16.8 Å². The first-order valence-electron chi connectivity index (χ1n) is 7.21. The third kappa shape index (κ3) is 2.78. The Morgan fingerprint density at radius 2 is 1.77 bits per heavy atom. The lowest BCUT2D eigenvalue weighted by Crippen LogP contribution is -2.03. The Hall–Kier alpha value is -2.10. The zero-order valence-corrected chi connectivity index (χ0v) is 13.4. The second-order valence-electron chi connectivity index (χ2n) is 5.43. The molecule has 22 heavy (non-hydrogen) atoms. The molecule has 2 N–H and O–H groups in total. The number of nitrogens with zero attached hydrogens (tertiary/aromatic N) is 2. The summed E-state index contributed by atoms with van der Waals surface area (Å²) in [5, 5.41) is 5.36. The highest BCUT2D eigenvalue weighted by atomic mass is 35.5. The number of aryl methyl sites for hydroxylation is 2. The van der Waals surface area contributed by atoms with Crippen LogP contribution >= 0.6 is 11.6 Å². The molecule has 0 aliphatic carbocycles. The van der Waals surface area contributed by atoms with E-state index in [1.54, 1.807) is 0 Å². The van der Waals surface area contributed by atoms with Crippen LogP contribution in [0.4, 0.5) is 0 Å². The first-order valence-corrected chi connectivity index (χ1v) is 7.59. The van der Waals surface area contributed by atoms with Crippen LogP contribution < -0.4 is 5.73 Å². The van der Waals surface area contributed by atoms with E-state index in [1.807, 2.05) is 35.9 Å². The summed E-state index contributed by atoms with van der Waals surface area (Å²) in [4.78, 5) is 0. The third-order valence-electron chi connectivity index (χ3n) is 3.70. The van der Waals surface area contributed by atoms with Gasteiger partial charge in [-0.15, -0.1) is 0 Å². The van der Waals surface area contributed by atoms with Crippen molar-refractivity contribution in [3.8, 4) is 16.9 Å². The zero-order valence-electron chi connectivity index (χ0n) is 12.7. The van der Waals surface area contributed by atoms with Gasteiger partial charge in [0, 0.05) is 17.1 Å².